The highest BCUT2D eigenvalue weighted by atomic mass is 16.1. The van der Waals surface area contributed by atoms with E-state index in [4.69, 9.17) is 0 Å². The van der Waals surface area contributed by atoms with Gasteiger partial charge in [0.25, 0.3) is 0 Å². The molecule has 4 aromatic rings. The molecule has 0 aliphatic rings. The Morgan fingerprint density at radius 3 is 2.37 bits per heavy atom. The van der Waals surface area contributed by atoms with Gasteiger partial charge in [-0.05, 0) is 34.9 Å². The zero-order valence-electron chi connectivity index (χ0n) is 17.4. The van der Waals surface area contributed by atoms with Crippen molar-refractivity contribution in [2.45, 2.75) is 12.3 Å². The van der Waals surface area contributed by atoms with Crippen molar-refractivity contribution in [2.24, 2.45) is 0 Å². The first-order chi connectivity index (χ1) is 14.6. The predicted molar refractivity (Wildman–Crippen MR) is 124 cm³/mol. The molecule has 0 aliphatic carbocycles. The molecule has 2 N–H and O–H groups in total. The van der Waals surface area contributed by atoms with E-state index < -0.39 is 0 Å². The number of carbonyl (C=O) groups is 1. The monoisotopic (exact) mass is 397 g/mol. The van der Waals surface area contributed by atoms with Gasteiger partial charge in [-0.1, -0.05) is 60.7 Å². The number of amides is 1. The van der Waals surface area contributed by atoms with E-state index in [2.05, 4.69) is 63.9 Å². The van der Waals surface area contributed by atoms with Crippen molar-refractivity contribution in [3.8, 4) is 0 Å². The summed E-state index contributed by atoms with van der Waals surface area (Å²) >= 11 is 0. The summed E-state index contributed by atoms with van der Waals surface area (Å²) < 4.78 is 0. The van der Waals surface area contributed by atoms with E-state index in [0.29, 0.717) is 13.0 Å². The van der Waals surface area contributed by atoms with Crippen LogP contribution in [0.4, 0.5) is 5.69 Å². The molecule has 0 saturated carbocycles. The summed E-state index contributed by atoms with van der Waals surface area (Å²) in [7, 11) is 4.08. The normalized spacial score (nSPS) is 11.9. The maximum atomic E-state index is 12.6. The van der Waals surface area contributed by atoms with Gasteiger partial charge in [0.2, 0.25) is 5.91 Å². The summed E-state index contributed by atoms with van der Waals surface area (Å²) in [5.74, 6) is 0.105. The highest BCUT2D eigenvalue weighted by Gasteiger charge is 2.19. The number of hydrogen-bond acceptors (Lipinski definition) is 2. The van der Waals surface area contributed by atoms with Crippen molar-refractivity contribution < 1.29 is 4.79 Å². The molecular formula is C26H27N3O. The molecule has 0 spiro atoms. The number of benzene rings is 3. The number of hydrogen-bond donors (Lipinski definition) is 2. The summed E-state index contributed by atoms with van der Waals surface area (Å²) in [6, 6.07) is 26.7. The number of aromatic nitrogens is 1. The lowest BCUT2D eigenvalue weighted by atomic mass is 9.90. The van der Waals surface area contributed by atoms with Crippen LogP contribution in [0.2, 0.25) is 0 Å². The first kappa shape index (κ1) is 19.8. The van der Waals surface area contributed by atoms with Crippen LogP contribution in [0.25, 0.3) is 10.9 Å². The van der Waals surface area contributed by atoms with Crippen molar-refractivity contribution in [1.82, 2.24) is 10.3 Å². The van der Waals surface area contributed by atoms with E-state index in [0.717, 1.165) is 16.8 Å². The van der Waals surface area contributed by atoms with Crippen molar-refractivity contribution >= 4 is 22.5 Å². The second-order valence-corrected chi connectivity index (χ2v) is 7.79. The van der Waals surface area contributed by atoms with Crippen LogP contribution in [0.5, 0.6) is 0 Å². The van der Waals surface area contributed by atoms with Gasteiger partial charge in [-0.25, -0.2) is 0 Å². The van der Waals surface area contributed by atoms with E-state index >= 15 is 0 Å². The maximum Gasteiger partial charge on any atom is 0.224 e. The van der Waals surface area contributed by atoms with Gasteiger partial charge >= 0.3 is 0 Å². The Morgan fingerprint density at radius 2 is 1.63 bits per heavy atom. The molecule has 4 heteroatoms. The molecule has 1 aromatic heterocycles. The van der Waals surface area contributed by atoms with Gasteiger partial charge in [-0.3, -0.25) is 4.79 Å². The zero-order chi connectivity index (χ0) is 20.9. The van der Waals surface area contributed by atoms with E-state index in [-0.39, 0.29) is 11.8 Å². The highest BCUT2D eigenvalue weighted by Crippen LogP contribution is 2.31. The second kappa shape index (κ2) is 8.87. The molecule has 152 valence electrons. The minimum atomic E-state index is 0.0379. The fourth-order valence-corrected chi connectivity index (χ4v) is 3.85. The van der Waals surface area contributed by atoms with Gasteiger partial charge < -0.3 is 15.2 Å². The average molecular weight is 398 g/mol. The third-order valence-corrected chi connectivity index (χ3v) is 5.52. The SMILES string of the molecule is CN(C)c1ccc([C@H](CNC(=O)Cc2ccccc2)c2c[nH]c3ccccc23)cc1. The van der Waals surface area contributed by atoms with Crippen LogP contribution in [0.1, 0.15) is 22.6 Å². The van der Waals surface area contributed by atoms with Gasteiger partial charge in [0.15, 0.2) is 0 Å². The summed E-state index contributed by atoms with van der Waals surface area (Å²) in [5, 5.41) is 4.35. The number of nitrogens with one attached hydrogen (secondary N) is 2. The fraction of sp³-hybridized carbons (Fsp3) is 0.192. The molecule has 3 aromatic carbocycles. The van der Waals surface area contributed by atoms with E-state index in [1.807, 2.05) is 50.5 Å². The number of rotatable bonds is 7. The Labute approximate surface area is 177 Å². The molecule has 4 nitrogen and oxygen atoms in total. The smallest absolute Gasteiger partial charge is 0.224 e. The van der Waals surface area contributed by atoms with Gasteiger partial charge in [-0.15, -0.1) is 0 Å². The molecule has 0 radical (unpaired) electrons. The van der Waals surface area contributed by atoms with Gasteiger partial charge in [0, 0.05) is 49.3 Å². The molecular weight excluding hydrogens is 370 g/mol. The third-order valence-electron chi connectivity index (χ3n) is 5.52. The van der Waals surface area contributed by atoms with Crippen molar-refractivity contribution in [2.75, 3.05) is 25.5 Å². The summed E-state index contributed by atoms with van der Waals surface area (Å²) in [5.41, 5.74) is 5.67. The number of fused-ring (bicyclic) bond motifs is 1. The van der Waals surface area contributed by atoms with Crippen LogP contribution in [0, 0.1) is 0 Å². The highest BCUT2D eigenvalue weighted by molar-refractivity contribution is 5.84. The first-order valence-corrected chi connectivity index (χ1v) is 10.3. The van der Waals surface area contributed by atoms with Crippen LogP contribution in [0.15, 0.2) is 85.1 Å². The predicted octanol–water partition coefficient (Wildman–Crippen LogP) is 4.72. The topological polar surface area (TPSA) is 48.1 Å². The lowest BCUT2D eigenvalue weighted by Crippen LogP contribution is -2.30. The number of aromatic amines is 1. The standard InChI is InChI=1S/C26H27N3O/c1-29(2)21-14-12-20(13-15-21)23(24-18-27-25-11-7-6-10-22(24)25)17-28-26(30)16-19-8-4-3-5-9-19/h3-15,18,23,27H,16-17H2,1-2H3,(H,28,30)/t23-/m0/s1. The van der Waals surface area contributed by atoms with E-state index in [9.17, 15) is 4.79 Å². The van der Waals surface area contributed by atoms with Crippen LogP contribution < -0.4 is 10.2 Å². The summed E-state index contributed by atoms with van der Waals surface area (Å²) in [6.07, 6.45) is 2.46. The van der Waals surface area contributed by atoms with Gasteiger partial charge in [0.1, 0.15) is 0 Å². The largest absolute Gasteiger partial charge is 0.378 e. The summed E-state index contributed by atoms with van der Waals surface area (Å²) in [4.78, 5) is 18.1. The Morgan fingerprint density at radius 1 is 0.933 bits per heavy atom. The zero-order valence-corrected chi connectivity index (χ0v) is 17.4. The molecule has 0 unspecified atom stereocenters. The maximum absolute atomic E-state index is 12.6. The van der Waals surface area contributed by atoms with Crippen molar-refractivity contribution in [3.05, 3.63) is 102 Å². The molecule has 1 amide bonds. The van der Waals surface area contributed by atoms with E-state index in [1.165, 1.54) is 16.5 Å². The average Bonchev–Trinajstić information content (AvgIpc) is 3.19. The fourth-order valence-electron chi connectivity index (χ4n) is 3.85. The molecule has 4 rings (SSSR count). The minimum absolute atomic E-state index is 0.0379. The Bertz CT molecular complexity index is 1110. The van der Waals surface area contributed by atoms with Crippen LogP contribution in [-0.4, -0.2) is 31.5 Å². The summed E-state index contributed by atoms with van der Waals surface area (Å²) in [6.45, 7) is 0.550. The number of para-hydroxylation sites is 1. The van der Waals surface area contributed by atoms with Gasteiger partial charge in [-0.2, -0.15) is 0 Å². The number of nitrogens with zero attached hydrogens (tertiary/aromatic N) is 1. The molecule has 30 heavy (non-hydrogen) atoms. The number of H-pyrrole nitrogens is 1. The van der Waals surface area contributed by atoms with Crippen molar-refractivity contribution in [1.29, 1.82) is 0 Å². The second-order valence-electron chi connectivity index (χ2n) is 7.79. The molecule has 0 saturated heterocycles. The van der Waals surface area contributed by atoms with Crippen LogP contribution >= 0.6 is 0 Å². The number of carbonyl (C=O) groups excluding carboxylic acids is 1. The Balaban J connectivity index is 1.59. The van der Waals surface area contributed by atoms with Gasteiger partial charge in [0.05, 0.1) is 6.42 Å². The quantitative estimate of drug-likeness (QED) is 0.474. The van der Waals surface area contributed by atoms with Crippen molar-refractivity contribution in [3.63, 3.8) is 0 Å². The first-order valence-electron chi connectivity index (χ1n) is 10.3. The molecule has 0 aliphatic heterocycles. The van der Waals surface area contributed by atoms with Crippen LogP contribution in [-0.2, 0) is 11.2 Å². The Hall–Kier alpha value is -3.53. The lowest BCUT2D eigenvalue weighted by Gasteiger charge is -2.20. The Kier molecular flexibility index (Phi) is 5.84. The molecule has 0 bridgehead atoms. The third kappa shape index (κ3) is 4.38. The van der Waals surface area contributed by atoms with E-state index in [1.54, 1.807) is 0 Å². The molecule has 1 heterocycles. The lowest BCUT2D eigenvalue weighted by molar-refractivity contribution is -0.120. The molecule has 0 fully saturated rings. The number of anilines is 1. The van der Waals surface area contributed by atoms with Crippen LogP contribution in [0.3, 0.4) is 0 Å². The minimum Gasteiger partial charge on any atom is -0.378 e. The molecule has 1 atom stereocenters.